The van der Waals surface area contributed by atoms with E-state index in [1.165, 1.54) is 0 Å². The summed E-state index contributed by atoms with van der Waals surface area (Å²) in [4.78, 5) is 4.04. The minimum Gasteiger partial charge on any atom is -0.245 e. The van der Waals surface area contributed by atoms with E-state index in [9.17, 15) is 0 Å². The molecule has 0 radical (unpaired) electrons. The summed E-state index contributed by atoms with van der Waals surface area (Å²) >= 11 is 3.30. The SMILES string of the molecule is Brc1nccn2nccc12. The zero-order chi connectivity index (χ0) is 6.97. The second-order valence-corrected chi connectivity index (χ2v) is 2.63. The van der Waals surface area contributed by atoms with Gasteiger partial charge in [0.25, 0.3) is 0 Å². The Balaban J connectivity index is 2.95. The Morgan fingerprint density at radius 3 is 3.10 bits per heavy atom. The number of hydrogen-bond donors (Lipinski definition) is 0. The molecule has 0 saturated heterocycles. The van der Waals surface area contributed by atoms with E-state index in [0.29, 0.717) is 0 Å². The lowest BCUT2D eigenvalue weighted by atomic mass is 10.5. The molecule has 2 heterocycles. The molecule has 0 aliphatic heterocycles. The zero-order valence-corrected chi connectivity index (χ0v) is 6.62. The van der Waals surface area contributed by atoms with Crippen molar-refractivity contribution in [3.05, 3.63) is 29.3 Å². The number of fused-ring (bicyclic) bond motifs is 1. The Kier molecular flexibility index (Phi) is 1.20. The molecule has 0 atom stereocenters. The lowest BCUT2D eigenvalue weighted by molar-refractivity contribution is 0.940. The molecule has 2 aromatic rings. The van der Waals surface area contributed by atoms with Gasteiger partial charge in [-0.15, -0.1) is 0 Å². The Morgan fingerprint density at radius 1 is 1.40 bits per heavy atom. The van der Waals surface area contributed by atoms with Gasteiger partial charge in [-0.2, -0.15) is 5.10 Å². The van der Waals surface area contributed by atoms with Crippen molar-refractivity contribution >= 4 is 21.4 Å². The molecule has 3 nitrogen and oxygen atoms in total. The maximum atomic E-state index is 4.04. The molecule has 0 aliphatic rings. The molecule has 0 bridgehead atoms. The minimum absolute atomic E-state index is 0.826. The van der Waals surface area contributed by atoms with Crippen molar-refractivity contribution in [2.75, 3.05) is 0 Å². The van der Waals surface area contributed by atoms with Crippen LogP contribution in [-0.2, 0) is 0 Å². The van der Waals surface area contributed by atoms with Crippen molar-refractivity contribution in [2.45, 2.75) is 0 Å². The van der Waals surface area contributed by atoms with Gasteiger partial charge in [0.2, 0.25) is 0 Å². The number of aromatic nitrogens is 3. The summed E-state index contributed by atoms with van der Waals surface area (Å²) in [7, 11) is 0. The largest absolute Gasteiger partial charge is 0.245 e. The van der Waals surface area contributed by atoms with Gasteiger partial charge in [-0.05, 0) is 22.0 Å². The molecule has 0 spiro atoms. The smallest absolute Gasteiger partial charge is 0.131 e. The number of halogens is 1. The first kappa shape index (κ1) is 5.85. The molecule has 10 heavy (non-hydrogen) atoms. The summed E-state index contributed by atoms with van der Waals surface area (Å²) in [5.41, 5.74) is 0.988. The van der Waals surface area contributed by atoms with E-state index in [1.807, 2.05) is 6.07 Å². The zero-order valence-electron chi connectivity index (χ0n) is 5.03. The first-order valence-electron chi connectivity index (χ1n) is 2.82. The predicted octanol–water partition coefficient (Wildman–Crippen LogP) is 1.49. The highest BCUT2D eigenvalue weighted by Crippen LogP contribution is 2.12. The van der Waals surface area contributed by atoms with Crippen molar-refractivity contribution in [1.82, 2.24) is 14.6 Å². The first-order chi connectivity index (χ1) is 4.88. The molecule has 0 amide bonds. The molecule has 4 heteroatoms. The van der Waals surface area contributed by atoms with Gasteiger partial charge in [0, 0.05) is 12.4 Å². The highest BCUT2D eigenvalue weighted by atomic mass is 79.9. The van der Waals surface area contributed by atoms with Crippen LogP contribution in [0.4, 0.5) is 0 Å². The molecule has 2 aromatic heterocycles. The van der Waals surface area contributed by atoms with E-state index in [1.54, 1.807) is 23.1 Å². The molecule has 0 saturated carbocycles. The van der Waals surface area contributed by atoms with Crippen LogP contribution in [0.25, 0.3) is 5.52 Å². The molecule has 0 N–H and O–H groups in total. The molecular formula is C6H4BrN3. The minimum atomic E-state index is 0.826. The van der Waals surface area contributed by atoms with Crippen LogP contribution in [0, 0.1) is 0 Å². The summed E-state index contributed by atoms with van der Waals surface area (Å²) < 4.78 is 2.59. The molecular weight excluding hydrogens is 194 g/mol. The fourth-order valence-electron chi connectivity index (χ4n) is 0.824. The van der Waals surface area contributed by atoms with Crippen LogP contribution < -0.4 is 0 Å². The van der Waals surface area contributed by atoms with E-state index >= 15 is 0 Å². The van der Waals surface area contributed by atoms with Crippen LogP contribution in [0.2, 0.25) is 0 Å². The van der Waals surface area contributed by atoms with Crippen LogP contribution in [-0.4, -0.2) is 14.6 Å². The van der Waals surface area contributed by atoms with Gasteiger partial charge in [-0.1, -0.05) is 0 Å². The van der Waals surface area contributed by atoms with Crippen molar-refractivity contribution in [3.63, 3.8) is 0 Å². The fourth-order valence-corrected chi connectivity index (χ4v) is 1.26. The van der Waals surface area contributed by atoms with Crippen LogP contribution in [0.5, 0.6) is 0 Å². The third kappa shape index (κ3) is 0.724. The van der Waals surface area contributed by atoms with Crippen molar-refractivity contribution in [1.29, 1.82) is 0 Å². The molecule has 0 aliphatic carbocycles. The fraction of sp³-hybridized carbons (Fsp3) is 0. The van der Waals surface area contributed by atoms with E-state index in [0.717, 1.165) is 10.1 Å². The maximum absolute atomic E-state index is 4.04. The van der Waals surface area contributed by atoms with E-state index < -0.39 is 0 Å². The van der Waals surface area contributed by atoms with Crippen molar-refractivity contribution in [3.8, 4) is 0 Å². The molecule has 0 unspecified atom stereocenters. The van der Waals surface area contributed by atoms with E-state index in [2.05, 4.69) is 26.0 Å². The molecule has 0 fully saturated rings. The average molecular weight is 198 g/mol. The molecule has 2 rings (SSSR count). The summed E-state index contributed by atoms with van der Waals surface area (Å²) in [6, 6.07) is 1.90. The monoisotopic (exact) mass is 197 g/mol. The van der Waals surface area contributed by atoms with Crippen LogP contribution in [0.15, 0.2) is 29.3 Å². The van der Waals surface area contributed by atoms with Gasteiger partial charge in [0.05, 0.1) is 11.7 Å². The maximum Gasteiger partial charge on any atom is 0.131 e. The van der Waals surface area contributed by atoms with Crippen LogP contribution in [0.3, 0.4) is 0 Å². The second-order valence-electron chi connectivity index (χ2n) is 1.88. The molecule has 50 valence electrons. The van der Waals surface area contributed by atoms with E-state index in [-0.39, 0.29) is 0 Å². The lowest BCUT2D eigenvalue weighted by Crippen LogP contribution is -1.87. The highest BCUT2D eigenvalue weighted by Gasteiger charge is 1.96. The van der Waals surface area contributed by atoms with Gasteiger partial charge < -0.3 is 0 Å². The summed E-state index contributed by atoms with van der Waals surface area (Å²) in [5, 5.41) is 4.03. The summed E-state index contributed by atoms with van der Waals surface area (Å²) in [5.74, 6) is 0. The number of nitrogens with zero attached hydrogens (tertiary/aromatic N) is 3. The van der Waals surface area contributed by atoms with Crippen LogP contribution >= 0.6 is 15.9 Å². The highest BCUT2D eigenvalue weighted by molar-refractivity contribution is 9.10. The molecule has 0 aromatic carbocycles. The standard InChI is InChI=1S/C6H4BrN3/c7-6-5-1-2-9-10(5)4-3-8-6/h1-4H. The van der Waals surface area contributed by atoms with Crippen molar-refractivity contribution < 1.29 is 0 Å². The first-order valence-corrected chi connectivity index (χ1v) is 3.61. The Hall–Kier alpha value is -0.900. The van der Waals surface area contributed by atoms with E-state index in [4.69, 9.17) is 0 Å². The number of rotatable bonds is 0. The quantitative estimate of drug-likeness (QED) is 0.641. The normalized spacial score (nSPS) is 10.5. The summed E-state index contributed by atoms with van der Waals surface area (Å²) in [6.07, 6.45) is 5.24. The Labute approximate surface area is 65.8 Å². The van der Waals surface area contributed by atoms with Gasteiger partial charge in [-0.25, -0.2) is 9.50 Å². The number of hydrogen-bond acceptors (Lipinski definition) is 2. The second kappa shape index (κ2) is 2.05. The third-order valence-corrected chi connectivity index (χ3v) is 1.89. The van der Waals surface area contributed by atoms with Gasteiger partial charge in [0.15, 0.2) is 0 Å². The third-order valence-electron chi connectivity index (χ3n) is 1.28. The topological polar surface area (TPSA) is 30.2 Å². The average Bonchev–Trinajstić information content (AvgIpc) is 2.36. The summed E-state index contributed by atoms with van der Waals surface area (Å²) in [6.45, 7) is 0. The lowest BCUT2D eigenvalue weighted by Gasteiger charge is -1.91. The predicted molar refractivity (Wildman–Crippen MR) is 40.7 cm³/mol. The van der Waals surface area contributed by atoms with Crippen LogP contribution in [0.1, 0.15) is 0 Å². The van der Waals surface area contributed by atoms with Crippen molar-refractivity contribution in [2.24, 2.45) is 0 Å². The van der Waals surface area contributed by atoms with Gasteiger partial charge in [-0.3, -0.25) is 0 Å². The Morgan fingerprint density at radius 2 is 2.30 bits per heavy atom. The Bertz CT molecular complexity index is 355. The van der Waals surface area contributed by atoms with Gasteiger partial charge in [0.1, 0.15) is 4.60 Å². The van der Waals surface area contributed by atoms with Gasteiger partial charge >= 0.3 is 0 Å².